The third-order valence-corrected chi connectivity index (χ3v) is 2.29. The zero-order chi connectivity index (χ0) is 15.2. The first-order valence-corrected chi connectivity index (χ1v) is 6.34. The smallest absolute Gasteiger partial charge is 0.409 e. The highest BCUT2D eigenvalue weighted by Gasteiger charge is 2.19. The Balaban J connectivity index is 2.68. The number of nitrogens with zero attached hydrogens (tertiary/aromatic N) is 1. The molecule has 6 heteroatoms. The van der Waals surface area contributed by atoms with E-state index < -0.39 is 11.7 Å². The molecule has 0 saturated heterocycles. The predicted molar refractivity (Wildman–Crippen MR) is 80.2 cm³/mol. The van der Waals surface area contributed by atoms with Crippen molar-refractivity contribution >= 4 is 12.3 Å². The maximum atomic E-state index is 11.7. The molecular formula is C14H22N4O2. The van der Waals surface area contributed by atoms with E-state index in [1.807, 2.05) is 26.8 Å². The minimum Gasteiger partial charge on any atom is -0.444 e. The van der Waals surface area contributed by atoms with Gasteiger partial charge in [-0.3, -0.25) is 10.3 Å². The lowest BCUT2D eigenvalue weighted by molar-refractivity contribution is 0.0510. The van der Waals surface area contributed by atoms with Crippen molar-refractivity contribution in [1.82, 2.24) is 10.6 Å². The third kappa shape index (κ3) is 5.60. The summed E-state index contributed by atoms with van der Waals surface area (Å²) in [6.07, 6.45) is 7.81. The number of carbonyl (C=O) groups excluding carboxylic acids is 1. The normalized spacial score (nSPS) is 19.5. The van der Waals surface area contributed by atoms with Gasteiger partial charge in [-0.1, -0.05) is 0 Å². The fraction of sp³-hybridized carbons (Fsp3) is 0.429. The molecule has 0 spiro atoms. The lowest BCUT2D eigenvalue weighted by atomic mass is 10.1. The van der Waals surface area contributed by atoms with Crippen LogP contribution in [0, 0.1) is 0 Å². The SMILES string of the molecule is CN=CC=C(N)C1=CC(NC(=O)OC(C)(C)C)NC=C1. The molecule has 1 heterocycles. The van der Waals surface area contributed by atoms with Crippen molar-refractivity contribution in [2.45, 2.75) is 32.5 Å². The number of dihydropyridines is 1. The minimum atomic E-state index is -0.530. The van der Waals surface area contributed by atoms with Crippen LogP contribution < -0.4 is 16.4 Å². The first-order valence-electron chi connectivity index (χ1n) is 6.34. The van der Waals surface area contributed by atoms with Crippen molar-refractivity contribution in [2.75, 3.05) is 7.05 Å². The summed E-state index contributed by atoms with van der Waals surface area (Å²) in [6.45, 7) is 5.44. The van der Waals surface area contributed by atoms with Gasteiger partial charge in [-0.2, -0.15) is 0 Å². The van der Waals surface area contributed by atoms with Gasteiger partial charge in [0.15, 0.2) is 0 Å². The molecule has 1 amide bonds. The zero-order valence-electron chi connectivity index (χ0n) is 12.3. The Morgan fingerprint density at radius 1 is 1.55 bits per heavy atom. The highest BCUT2D eigenvalue weighted by Crippen LogP contribution is 2.11. The van der Waals surface area contributed by atoms with E-state index in [1.54, 1.807) is 31.6 Å². The molecule has 1 aliphatic rings. The minimum absolute atomic E-state index is 0.365. The van der Waals surface area contributed by atoms with Crippen molar-refractivity contribution in [3.05, 3.63) is 35.7 Å². The van der Waals surface area contributed by atoms with Crippen LogP contribution in [0.1, 0.15) is 20.8 Å². The number of amides is 1. The third-order valence-electron chi connectivity index (χ3n) is 2.29. The van der Waals surface area contributed by atoms with Crippen LogP contribution in [0.4, 0.5) is 4.79 Å². The first-order chi connectivity index (χ1) is 9.31. The fourth-order valence-electron chi connectivity index (χ4n) is 1.49. The summed E-state index contributed by atoms with van der Waals surface area (Å²) in [4.78, 5) is 15.5. The molecular weight excluding hydrogens is 256 g/mol. The molecule has 0 aromatic carbocycles. The van der Waals surface area contributed by atoms with E-state index in [0.717, 1.165) is 5.57 Å². The maximum Gasteiger partial charge on any atom is 0.409 e. The number of carbonyl (C=O) groups is 1. The quantitative estimate of drug-likeness (QED) is 0.681. The molecule has 1 atom stereocenters. The van der Waals surface area contributed by atoms with Crippen LogP contribution in [-0.2, 0) is 4.74 Å². The molecule has 1 unspecified atom stereocenters. The van der Waals surface area contributed by atoms with E-state index >= 15 is 0 Å². The Bertz CT molecular complexity index is 470. The van der Waals surface area contributed by atoms with Crippen LogP contribution in [0.25, 0.3) is 0 Å². The van der Waals surface area contributed by atoms with E-state index in [1.165, 1.54) is 0 Å². The molecule has 0 aromatic rings. The highest BCUT2D eigenvalue weighted by atomic mass is 16.6. The van der Waals surface area contributed by atoms with Gasteiger partial charge >= 0.3 is 6.09 Å². The predicted octanol–water partition coefficient (Wildman–Crippen LogP) is 1.42. The molecule has 110 valence electrons. The molecule has 1 rings (SSSR count). The van der Waals surface area contributed by atoms with Crippen molar-refractivity contribution in [1.29, 1.82) is 0 Å². The van der Waals surface area contributed by atoms with E-state index in [0.29, 0.717) is 5.70 Å². The Hall–Kier alpha value is -2.24. The Kier molecular flexibility index (Phi) is 5.37. The topological polar surface area (TPSA) is 88.7 Å². The largest absolute Gasteiger partial charge is 0.444 e. The van der Waals surface area contributed by atoms with Crippen LogP contribution in [0.15, 0.2) is 40.7 Å². The van der Waals surface area contributed by atoms with Crippen molar-refractivity contribution in [3.63, 3.8) is 0 Å². The molecule has 6 nitrogen and oxygen atoms in total. The molecule has 4 N–H and O–H groups in total. The Morgan fingerprint density at radius 2 is 2.25 bits per heavy atom. The summed E-state index contributed by atoms with van der Waals surface area (Å²) in [7, 11) is 1.67. The number of nitrogens with two attached hydrogens (primary N) is 1. The number of rotatable bonds is 3. The monoisotopic (exact) mass is 278 g/mol. The molecule has 0 radical (unpaired) electrons. The van der Waals surface area contributed by atoms with Crippen molar-refractivity contribution in [3.8, 4) is 0 Å². The zero-order valence-corrected chi connectivity index (χ0v) is 12.3. The molecule has 20 heavy (non-hydrogen) atoms. The highest BCUT2D eigenvalue weighted by molar-refractivity contribution is 5.74. The average Bonchev–Trinajstić information content (AvgIpc) is 2.33. The molecule has 0 saturated carbocycles. The second-order valence-electron chi connectivity index (χ2n) is 5.28. The first kappa shape index (κ1) is 15.8. The van der Waals surface area contributed by atoms with Crippen molar-refractivity contribution in [2.24, 2.45) is 10.7 Å². The molecule has 0 fully saturated rings. The van der Waals surface area contributed by atoms with Gasteiger partial charge in [0.1, 0.15) is 11.8 Å². The number of allylic oxidation sites excluding steroid dienone is 2. The van der Waals surface area contributed by atoms with Gasteiger partial charge in [0.2, 0.25) is 0 Å². The number of ether oxygens (including phenoxy) is 1. The second-order valence-corrected chi connectivity index (χ2v) is 5.28. The summed E-state index contributed by atoms with van der Waals surface area (Å²) in [5, 5.41) is 5.69. The fourth-order valence-corrected chi connectivity index (χ4v) is 1.49. The lowest BCUT2D eigenvalue weighted by Crippen LogP contribution is -2.45. The molecule has 0 bridgehead atoms. The van der Waals surface area contributed by atoms with Gasteiger partial charge in [0.25, 0.3) is 0 Å². The van der Waals surface area contributed by atoms with Gasteiger partial charge < -0.3 is 15.8 Å². The Labute approximate surface area is 119 Å². The van der Waals surface area contributed by atoms with Crippen molar-refractivity contribution < 1.29 is 9.53 Å². The molecule has 1 aliphatic heterocycles. The number of hydrogen-bond donors (Lipinski definition) is 3. The van der Waals surface area contributed by atoms with E-state index in [-0.39, 0.29) is 6.17 Å². The van der Waals surface area contributed by atoms with Gasteiger partial charge in [0, 0.05) is 19.0 Å². The van der Waals surface area contributed by atoms with Gasteiger partial charge in [-0.05, 0) is 50.8 Å². The lowest BCUT2D eigenvalue weighted by Gasteiger charge is -2.24. The van der Waals surface area contributed by atoms with E-state index in [9.17, 15) is 4.79 Å². The number of aliphatic imine (C=N–C) groups is 1. The van der Waals surface area contributed by atoms with E-state index in [2.05, 4.69) is 15.6 Å². The van der Waals surface area contributed by atoms with Crippen LogP contribution in [0.2, 0.25) is 0 Å². The Morgan fingerprint density at radius 3 is 2.85 bits per heavy atom. The van der Waals surface area contributed by atoms with Crippen LogP contribution in [0.5, 0.6) is 0 Å². The van der Waals surface area contributed by atoms with Gasteiger partial charge in [0.05, 0.1) is 0 Å². The average molecular weight is 278 g/mol. The molecule has 0 aromatic heterocycles. The van der Waals surface area contributed by atoms with E-state index in [4.69, 9.17) is 10.5 Å². The van der Waals surface area contributed by atoms with Crippen LogP contribution in [-0.4, -0.2) is 31.1 Å². The van der Waals surface area contributed by atoms with Crippen LogP contribution >= 0.6 is 0 Å². The maximum absolute atomic E-state index is 11.7. The number of hydrogen-bond acceptors (Lipinski definition) is 5. The summed E-state index contributed by atoms with van der Waals surface area (Å²) >= 11 is 0. The van der Waals surface area contributed by atoms with Gasteiger partial charge in [-0.25, -0.2) is 4.79 Å². The second kappa shape index (κ2) is 6.79. The summed E-state index contributed by atoms with van der Waals surface area (Å²) in [5.74, 6) is 0. The van der Waals surface area contributed by atoms with Gasteiger partial charge in [-0.15, -0.1) is 0 Å². The standard InChI is InChI=1S/C14H22N4O2/c1-14(2,3)20-13(19)18-12-9-10(5-8-17-12)11(15)6-7-16-4/h5-9,12,17H,15H2,1-4H3,(H,18,19). The number of nitrogens with one attached hydrogen (secondary N) is 2. The summed E-state index contributed by atoms with van der Waals surface area (Å²) in [6, 6.07) is 0. The number of alkyl carbamates (subject to hydrolysis) is 1. The summed E-state index contributed by atoms with van der Waals surface area (Å²) < 4.78 is 5.19. The molecule has 0 aliphatic carbocycles. The summed E-state index contributed by atoms with van der Waals surface area (Å²) in [5.41, 5.74) is 6.76. The van der Waals surface area contributed by atoms with Crippen LogP contribution in [0.3, 0.4) is 0 Å².